The number of hydrogen-bond donors (Lipinski definition) is 2. The number of carboxylic acids is 1. The van der Waals surface area contributed by atoms with Gasteiger partial charge in [0.2, 0.25) is 0 Å². The maximum absolute atomic E-state index is 12.8. The van der Waals surface area contributed by atoms with Crippen molar-refractivity contribution in [3.8, 4) is 0 Å². The Kier molecular flexibility index (Phi) is 3.78. The Bertz CT molecular complexity index is 511. The topological polar surface area (TPSA) is 86.7 Å². The van der Waals surface area contributed by atoms with E-state index in [-0.39, 0.29) is 5.41 Å². The van der Waals surface area contributed by atoms with Crippen LogP contribution in [0.3, 0.4) is 0 Å². The monoisotopic (exact) mass is 310 g/mol. The molecule has 1 heterocycles. The molecule has 0 aromatic carbocycles. The predicted octanol–water partition coefficient (Wildman–Crippen LogP) is 2.38. The lowest BCUT2D eigenvalue weighted by Gasteiger charge is -2.41. The number of rotatable bonds is 2. The lowest BCUT2D eigenvalue weighted by Crippen LogP contribution is -2.55. The van der Waals surface area contributed by atoms with Crippen molar-refractivity contribution in [2.45, 2.75) is 71.4 Å². The molecule has 6 heteroatoms. The van der Waals surface area contributed by atoms with Crippen LogP contribution in [-0.4, -0.2) is 39.0 Å². The molecule has 1 aliphatic heterocycles. The third-order valence-corrected chi connectivity index (χ3v) is 5.31. The second-order valence-corrected chi connectivity index (χ2v) is 8.16. The van der Waals surface area contributed by atoms with E-state index in [9.17, 15) is 19.5 Å². The standard InChI is InChI=1S/C16H26N2O4/c1-14(2,3)10-6-8-16(9-7-10)11(19)18(13(22)17-16)15(4,5)12(20)21/h10H,6-9H2,1-5H3,(H,17,22)(H,20,21). The molecule has 0 bridgehead atoms. The van der Waals surface area contributed by atoms with Gasteiger partial charge in [0.15, 0.2) is 0 Å². The summed E-state index contributed by atoms with van der Waals surface area (Å²) in [6, 6.07) is -0.591. The first-order chi connectivity index (χ1) is 9.92. The summed E-state index contributed by atoms with van der Waals surface area (Å²) in [7, 11) is 0. The zero-order valence-corrected chi connectivity index (χ0v) is 14.0. The van der Waals surface area contributed by atoms with E-state index < -0.39 is 29.0 Å². The summed E-state index contributed by atoms with van der Waals surface area (Å²) in [5.41, 5.74) is -2.27. The van der Waals surface area contributed by atoms with Gasteiger partial charge in [0.1, 0.15) is 11.1 Å². The van der Waals surface area contributed by atoms with Gasteiger partial charge < -0.3 is 10.4 Å². The number of urea groups is 1. The minimum atomic E-state index is -1.54. The molecule has 6 nitrogen and oxygen atoms in total. The largest absolute Gasteiger partial charge is 0.480 e. The highest BCUT2D eigenvalue weighted by molar-refractivity contribution is 6.10. The van der Waals surface area contributed by atoms with E-state index in [2.05, 4.69) is 26.1 Å². The van der Waals surface area contributed by atoms with E-state index in [0.717, 1.165) is 17.7 Å². The lowest BCUT2D eigenvalue weighted by atomic mass is 9.67. The molecule has 1 saturated carbocycles. The first-order valence-electron chi connectivity index (χ1n) is 7.82. The average Bonchev–Trinajstić information content (AvgIpc) is 2.60. The van der Waals surface area contributed by atoms with Crippen LogP contribution in [0.4, 0.5) is 4.79 Å². The maximum Gasteiger partial charge on any atom is 0.329 e. The molecule has 2 fully saturated rings. The highest BCUT2D eigenvalue weighted by Gasteiger charge is 2.58. The number of carbonyl (C=O) groups excluding carboxylic acids is 2. The van der Waals surface area contributed by atoms with Gasteiger partial charge in [0.25, 0.3) is 5.91 Å². The summed E-state index contributed by atoms with van der Waals surface area (Å²) in [5, 5.41) is 12.1. The normalized spacial score (nSPS) is 29.9. The minimum Gasteiger partial charge on any atom is -0.480 e. The van der Waals surface area contributed by atoms with Crippen LogP contribution in [-0.2, 0) is 9.59 Å². The first-order valence-corrected chi connectivity index (χ1v) is 7.82. The van der Waals surface area contributed by atoms with Crippen molar-refractivity contribution in [2.75, 3.05) is 0 Å². The number of amides is 3. The summed E-state index contributed by atoms with van der Waals surface area (Å²) < 4.78 is 0. The molecule has 0 aromatic rings. The molecule has 0 aromatic heterocycles. The van der Waals surface area contributed by atoms with E-state index in [1.54, 1.807) is 0 Å². The summed E-state index contributed by atoms with van der Waals surface area (Å²) in [6.45, 7) is 9.32. The van der Waals surface area contributed by atoms with Gasteiger partial charge in [-0.15, -0.1) is 0 Å². The van der Waals surface area contributed by atoms with Crippen LogP contribution in [0.15, 0.2) is 0 Å². The van der Waals surface area contributed by atoms with Crippen LogP contribution in [0, 0.1) is 11.3 Å². The Hall–Kier alpha value is -1.59. The molecule has 1 aliphatic carbocycles. The highest BCUT2D eigenvalue weighted by atomic mass is 16.4. The van der Waals surface area contributed by atoms with Crippen LogP contribution >= 0.6 is 0 Å². The molecule has 2 aliphatic rings. The molecule has 3 amide bonds. The second kappa shape index (κ2) is 4.96. The predicted molar refractivity (Wildman–Crippen MR) is 81.2 cm³/mol. The van der Waals surface area contributed by atoms with Gasteiger partial charge in [-0.3, -0.25) is 4.79 Å². The summed E-state index contributed by atoms with van der Waals surface area (Å²) in [6.07, 6.45) is 2.87. The SMILES string of the molecule is CC(C)(C)C1CCC2(CC1)NC(=O)N(C(C)(C)C(=O)O)C2=O. The van der Waals surface area contributed by atoms with Gasteiger partial charge in [0, 0.05) is 0 Å². The Morgan fingerprint density at radius 2 is 1.68 bits per heavy atom. The van der Waals surface area contributed by atoms with Gasteiger partial charge in [0.05, 0.1) is 0 Å². The van der Waals surface area contributed by atoms with Crippen molar-refractivity contribution in [1.82, 2.24) is 10.2 Å². The lowest BCUT2D eigenvalue weighted by molar-refractivity contribution is -0.154. The fourth-order valence-electron chi connectivity index (χ4n) is 3.54. The van der Waals surface area contributed by atoms with Gasteiger partial charge in [-0.05, 0) is 50.9 Å². The summed E-state index contributed by atoms with van der Waals surface area (Å²) in [5.74, 6) is -1.07. The molecule has 0 unspecified atom stereocenters. The van der Waals surface area contributed by atoms with Gasteiger partial charge >= 0.3 is 12.0 Å². The van der Waals surface area contributed by atoms with Gasteiger partial charge in [-0.1, -0.05) is 20.8 Å². The average molecular weight is 310 g/mol. The van der Waals surface area contributed by atoms with Crippen molar-refractivity contribution < 1.29 is 19.5 Å². The minimum absolute atomic E-state index is 0.174. The molecule has 22 heavy (non-hydrogen) atoms. The molecular formula is C16H26N2O4. The number of carbonyl (C=O) groups is 3. The van der Waals surface area contributed by atoms with Crippen LogP contribution < -0.4 is 5.32 Å². The maximum atomic E-state index is 12.8. The molecule has 124 valence electrons. The van der Waals surface area contributed by atoms with E-state index >= 15 is 0 Å². The van der Waals surface area contributed by atoms with E-state index in [0.29, 0.717) is 18.8 Å². The van der Waals surface area contributed by atoms with Crippen LogP contribution in [0.1, 0.15) is 60.3 Å². The zero-order valence-electron chi connectivity index (χ0n) is 14.0. The summed E-state index contributed by atoms with van der Waals surface area (Å²) >= 11 is 0. The Morgan fingerprint density at radius 3 is 2.09 bits per heavy atom. The molecule has 1 spiro atoms. The Labute approximate surface area is 131 Å². The third-order valence-electron chi connectivity index (χ3n) is 5.31. The van der Waals surface area contributed by atoms with E-state index in [4.69, 9.17) is 0 Å². The van der Waals surface area contributed by atoms with Crippen molar-refractivity contribution >= 4 is 17.9 Å². The molecule has 2 rings (SSSR count). The fourth-order valence-corrected chi connectivity index (χ4v) is 3.54. The highest BCUT2D eigenvalue weighted by Crippen LogP contribution is 2.44. The van der Waals surface area contributed by atoms with Crippen molar-refractivity contribution in [2.24, 2.45) is 11.3 Å². The Balaban J connectivity index is 2.21. The summed E-state index contributed by atoms with van der Waals surface area (Å²) in [4.78, 5) is 37.3. The quantitative estimate of drug-likeness (QED) is 0.767. The van der Waals surface area contributed by atoms with Crippen molar-refractivity contribution in [3.63, 3.8) is 0 Å². The smallest absolute Gasteiger partial charge is 0.329 e. The number of hydrogen-bond acceptors (Lipinski definition) is 3. The molecule has 2 N–H and O–H groups in total. The number of aliphatic carboxylic acids is 1. The van der Waals surface area contributed by atoms with E-state index in [1.807, 2.05) is 0 Å². The number of nitrogens with zero attached hydrogens (tertiary/aromatic N) is 1. The second-order valence-electron chi connectivity index (χ2n) is 8.16. The third kappa shape index (κ3) is 2.48. The molecular weight excluding hydrogens is 284 g/mol. The first kappa shape index (κ1) is 16.8. The number of carboxylic acid groups (broad SMARTS) is 1. The van der Waals surface area contributed by atoms with Crippen LogP contribution in [0.25, 0.3) is 0 Å². The van der Waals surface area contributed by atoms with Crippen molar-refractivity contribution in [1.29, 1.82) is 0 Å². The molecule has 0 atom stereocenters. The fraction of sp³-hybridized carbons (Fsp3) is 0.812. The van der Waals surface area contributed by atoms with E-state index in [1.165, 1.54) is 13.8 Å². The van der Waals surface area contributed by atoms with Crippen LogP contribution in [0.2, 0.25) is 0 Å². The van der Waals surface area contributed by atoms with Gasteiger partial charge in [-0.2, -0.15) is 0 Å². The van der Waals surface area contributed by atoms with Crippen molar-refractivity contribution in [3.05, 3.63) is 0 Å². The molecule has 1 saturated heterocycles. The van der Waals surface area contributed by atoms with Gasteiger partial charge in [-0.25, -0.2) is 14.5 Å². The Morgan fingerprint density at radius 1 is 1.18 bits per heavy atom. The number of imide groups is 1. The number of nitrogens with one attached hydrogen (secondary N) is 1. The van der Waals surface area contributed by atoms with Crippen LogP contribution in [0.5, 0.6) is 0 Å². The zero-order chi connectivity index (χ0) is 16.9. The molecule has 0 radical (unpaired) electrons.